The molecule has 5 nitrogen and oxygen atoms in total. The maximum absolute atomic E-state index is 11.6. The van der Waals surface area contributed by atoms with Gasteiger partial charge in [0.15, 0.2) is 0 Å². The first-order valence-electron chi connectivity index (χ1n) is 7.30. The molecule has 116 valence electrons. The van der Waals surface area contributed by atoms with Crippen LogP contribution in [0.3, 0.4) is 0 Å². The molecule has 1 aromatic carbocycles. The number of hydrogen-bond acceptors (Lipinski definition) is 4. The first-order chi connectivity index (χ1) is 10.6. The molecule has 2 rings (SSSR count). The summed E-state index contributed by atoms with van der Waals surface area (Å²) >= 11 is 0. The normalized spacial score (nSPS) is 10.3. The van der Waals surface area contributed by atoms with Crippen LogP contribution in [0.1, 0.15) is 24.0 Å². The number of benzene rings is 1. The Morgan fingerprint density at radius 1 is 1.27 bits per heavy atom. The lowest BCUT2D eigenvalue weighted by Crippen LogP contribution is -2.13. The summed E-state index contributed by atoms with van der Waals surface area (Å²) in [6.07, 6.45) is 2.67. The molecule has 1 heterocycles. The molecule has 0 spiro atoms. The molecule has 0 saturated heterocycles. The van der Waals surface area contributed by atoms with Crippen LogP contribution in [0, 0.1) is 13.8 Å². The number of anilines is 1. The van der Waals surface area contributed by atoms with Crippen LogP contribution in [0.25, 0.3) is 0 Å². The van der Waals surface area contributed by atoms with E-state index in [0.717, 1.165) is 11.3 Å². The molecule has 0 aliphatic rings. The fraction of sp³-hybridized carbons (Fsp3) is 0.294. The minimum atomic E-state index is -0.0598. The van der Waals surface area contributed by atoms with E-state index in [0.29, 0.717) is 31.0 Å². The summed E-state index contributed by atoms with van der Waals surface area (Å²) in [6.45, 7) is 4.56. The molecular formula is C17H21N3O2. The van der Waals surface area contributed by atoms with Crippen LogP contribution >= 0.6 is 0 Å². The summed E-state index contributed by atoms with van der Waals surface area (Å²) in [5.41, 5.74) is 8.28. The number of nitrogens with two attached hydrogens (primary N) is 1. The van der Waals surface area contributed by atoms with Crippen molar-refractivity contribution in [1.82, 2.24) is 4.98 Å². The fourth-order valence-electron chi connectivity index (χ4n) is 1.95. The average molecular weight is 299 g/mol. The van der Waals surface area contributed by atoms with Crippen LogP contribution in [-0.2, 0) is 4.79 Å². The number of hydrogen-bond donors (Lipinski definition) is 2. The zero-order chi connectivity index (χ0) is 15.9. The van der Waals surface area contributed by atoms with Crippen molar-refractivity contribution in [2.75, 3.05) is 11.9 Å². The molecule has 0 unspecified atom stereocenters. The first kappa shape index (κ1) is 16.0. The van der Waals surface area contributed by atoms with Gasteiger partial charge in [-0.2, -0.15) is 0 Å². The molecule has 22 heavy (non-hydrogen) atoms. The van der Waals surface area contributed by atoms with Crippen molar-refractivity contribution in [1.29, 1.82) is 0 Å². The molecule has 1 amide bonds. The number of nitrogens with one attached hydrogen (secondary N) is 1. The number of amides is 1. The molecule has 3 N–H and O–H groups in total. The minimum Gasteiger partial charge on any atom is -0.439 e. The highest BCUT2D eigenvalue weighted by Gasteiger charge is 2.06. The number of ether oxygens (including phenoxy) is 1. The summed E-state index contributed by atoms with van der Waals surface area (Å²) in [7, 11) is 0. The molecule has 2 aromatic rings. The van der Waals surface area contributed by atoms with E-state index < -0.39 is 0 Å². The maximum Gasteiger partial charge on any atom is 0.224 e. The average Bonchev–Trinajstić information content (AvgIpc) is 2.51. The number of pyridine rings is 1. The Hall–Kier alpha value is -2.40. The molecule has 0 aliphatic heterocycles. The highest BCUT2D eigenvalue weighted by molar-refractivity contribution is 5.90. The smallest absolute Gasteiger partial charge is 0.224 e. The third-order valence-electron chi connectivity index (χ3n) is 3.40. The second kappa shape index (κ2) is 7.56. The first-order valence-corrected chi connectivity index (χ1v) is 7.30. The second-order valence-electron chi connectivity index (χ2n) is 5.13. The van der Waals surface area contributed by atoms with Crippen LogP contribution in [0.2, 0.25) is 0 Å². The van der Waals surface area contributed by atoms with E-state index in [2.05, 4.69) is 10.3 Å². The summed E-state index contributed by atoms with van der Waals surface area (Å²) < 4.78 is 5.77. The zero-order valence-corrected chi connectivity index (χ0v) is 12.9. The van der Waals surface area contributed by atoms with Crippen LogP contribution < -0.4 is 15.8 Å². The molecule has 0 radical (unpaired) electrons. The van der Waals surface area contributed by atoms with Crippen LogP contribution in [0.15, 0.2) is 36.5 Å². The highest BCUT2D eigenvalue weighted by atomic mass is 16.5. The van der Waals surface area contributed by atoms with Gasteiger partial charge < -0.3 is 15.8 Å². The minimum absolute atomic E-state index is 0.0598. The Morgan fingerprint density at radius 2 is 2.09 bits per heavy atom. The lowest BCUT2D eigenvalue weighted by atomic mass is 10.1. The number of nitrogens with zero attached hydrogens (tertiary/aromatic N) is 1. The van der Waals surface area contributed by atoms with E-state index >= 15 is 0 Å². The SMILES string of the molecule is Cc1cccc(Oc2ccc(NC(=O)CCCN)cn2)c1C. The molecule has 0 aliphatic carbocycles. The Kier molecular flexibility index (Phi) is 5.49. The van der Waals surface area contributed by atoms with Gasteiger partial charge in [-0.3, -0.25) is 4.79 Å². The summed E-state index contributed by atoms with van der Waals surface area (Å²) in [5.74, 6) is 1.22. The number of aryl methyl sites for hydroxylation is 1. The third kappa shape index (κ3) is 4.30. The van der Waals surface area contributed by atoms with Crippen molar-refractivity contribution in [2.45, 2.75) is 26.7 Å². The second-order valence-corrected chi connectivity index (χ2v) is 5.13. The number of rotatable bonds is 6. The molecular weight excluding hydrogens is 278 g/mol. The number of carbonyl (C=O) groups excluding carboxylic acids is 1. The van der Waals surface area contributed by atoms with Crippen molar-refractivity contribution < 1.29 is 9.53 Å². The fourth-order valence-corrected chi connectivity index (χ4v) is 1.95. The van der Waals surface area contributed by atoms with Gasteiger partial charge in [0.1, 0.15) is 5.75 Å². The Balaban J connectivity index is 2.00. The van der Waals surface area contributed by atoms with Gasteiger partial charge >= 0.3 is 0 Å². The Labute approximate surface area is 130 Å². The van der Waals surface area contributed by atoms with Gasteiger partial charge in [-0.05, 0) is 50.1 Å². The quantitative estimate of drug-likeness (QED) is 0.859. The van der Waals surface area contributed by atoms with Crippen molar-refractivity contribution in [3.05, 3.63) is 47.7 Å². The lowest BCUT2D eigenvalue weighted by Gasteiger charge is -2.10. The van der Waals surface area contributed by atoms with Crippen LogP contribution in [-0.4, -0.2) is 17.4 Å². The zero-order valence-electron chi connectivity index (χ0n) is 12.9. The van der Waals surface area contributed by atoms with Gasteiger partial charge in [0.25, 0.3) is 0 Å². The number of aromatic nitrogens is 1. The van der Waals surface area contributed by atoms with E-state index in [-0.39, 0.29) is 5.91 Å². The Morgan fingerprint density at radius 3 is 2.77 bits per heavy atom. The van der Waals surface area contributed by atoms with E-state index in [1.54, 1.807) is 18.3 Å². The summed E-state index contributed by atoms with van der Waals surface area (Å²) in [6, 6.07) is 9.40. The maximum atomic E-state index is 11.6. The predicted molar refractivity (Wildman–Crippen MR) is 87.1 cm³/mol. The number of carbonyl (C=O) groups is 1. The van der Waals surface area contributed by atoms with Gasteiger partial charge in [0.05, 0.1) is 11.9 Å². The molecule has 5 heteroatoms. The molecule has 0 atom stereocenters. The van der Waals surface area contributed by atoms with Crippen molar-refractivity contribution in [2.24, 2.45) is 5.73 Å². The van der Waals surface area contributed by atoms with Gasteiger partial charge in [0.2, 0.25) is 11.8 Å². The standard InChI is InChI=1S/C17H21N3O2/c1-12-5-3-6-15(13(12)2)22-17-9-8-14(11-19-17)20-16(21)7-4-10-18/h3,5-6,8-9,11H,4,7,10,18H2,1-2H3,(H,20,21). The van der Waals surface area contributed by atoms with E-state index in [1.165, 1.54) is 5.56 Å². The van der Waals surface area contributed by atoms with Crippen molar-refractivity contribution in [3.63, 3.8) is 0 Å². The third-order valence-corrected chi connectivity index (χ3v) is 3.40. The van der Waals surface area contributed by atoms with Crippen molar-refractivity contribution >= 4 is 11.6 Å². The van der Waals surface area contributed by atoms with Gasteiger partial charge in [-0.1, -0.05) is 12.1 Å². The van der Waals surface area contributed by atoms with Crippen molar-refractivity contribution in [3.8, 4) is 11.6 Å². The topological polar surface area (TPSA) is 77.2 Å². The van der Waals surface area contributed by atoms with E-state index in [4.69, 9.17) is 10.5 Å². The Bertz CT molecular complexity index is 639. The van der Waals surface area contributed by atoms with Gasteiger partial charge in [-0.15, -0.1) is 0 Å². The summed E-state index contributed by atoms with van der Waals surface area (Å²) in [5, 5.41) is 2.78. The molecule has 1 aromatic heterocycles. The van der Waals surface area contributed by atoms with E-state index in [9.17, 15) is 4.79 Å². The largest absolute Gasteiger partial charge is 0.439 e. The molecule has 0 fully saturated rings. The van der Waals surface area contributed by atoms with Crippen LogP contribution in [0.4, 0.5) is 5.69 Å². The van der Waals surface area contributed by atoms with Gasteiger partial charge in [0, 0.05) is 12.5 Å². The van der Waals surface area contributed by atoms with Crippen LogP contribution in [0.5, 0.6) is 11.6 Å². The highest BCUT2D eigenvalue weighted by Crippen LogP contribution is 2.26. The summed E-state index contributed by atoms with van der Waals surface area (Å²) in [4.78, 5) is 15.8. The predicted octanol–water partition coefficient (Wildman–Crippen LogP) is 3.17. The monoisotopic (exact) mass is 299 g/mol. The van der Waals surface area contributed by atoms with E-state index in [1.807, 2.05) is 32.0 Å². The lowest BCUT2D eigenvalue weighted by molar-refractivity contribution is -0.116. The molecule has 0 saturated carbocycles. The van der Waals surface area contributed by atoms with Gasteiger partial charge in [-0.25, -0.2) is 4.98 Å². The molecule has 0 bridgehead atoms.